The number of anilines is 1. The predicted molar refractivity (Wildman–Crippen MR) is 67.0 cm³/mol. The summed E-state index contributed by atoms with van der Waals surface area (Å²) in [4.78, 5) is 8.39. The molecule has 3 aromatic rings. The number of rotatable bonds is 2. The lowest BCUT2D eigenvalue weighted by molar-refractivity contribution is 0.795. The molecule has 0 aliphatic heterocycles. The average molecular weight is 241 g/mol. The van der Waals surface area contributed by atoms with Gasteiger partial charge in [-0.05, 0) is 19.1 Å². The van der Waals surface area contributed by atoms with E-state index in [1.54, 1.807) is 4.68 Å². The van der Waals surface area contributed by atoms with Gasteiger partial charge in [0, 0.05) is 11.8 Å². The van der Waals surface area contributed by atoms with Crippen molar-refractivity contribution in [2.24, 2.45) is 5.84 Å². The van der Waals surface area contributed by atoms with Crippen LogP contribution in [0.5, 0.6) is 0 Å². The van der Waals surface area contributed by atoms with Gasteiger partial charge < -0.3 is 0 Å². The molecular formula is C11H11N7. The highest BCUT2D eigenvalue weighted by Gasteiger charge is 2.08. The second-order valence-electron chi connectivity index (χ2n) is 3.83. The fraction of sp³-hybridized carbons (Fsp3) is 0.0909. The van der Waals surface area contributed by atoms with Crippen molar-refractivity contribution in [1.82, 2.24) is 25.0 Å². The van der Waals surface area contributed by atoms with Crippen LogP contribution in [0, 0.1) is 6.92 Å². The summed E-state index contributed by atoms with van der Waals surface area (Å²) < 4.78 is 1.66. The Morgan fingerprint density at radius 1 is 1.22 bits per heavy atom. The van der Waals surface area contributed by atoms with E-state index in [-0.39, 0.29) is 0 Å². The molecule has 0 radical (unpaired) electrons. The number of nitrogens with two attached hydrogens (primary N) is 1. The Kier molecular flexibility index (Phi) is 2.38. The molecule has 0 saturated carbocycles. The molecule has 0 amide bonds. The monoisotopic (exact) mass is 241 g/mol. The highest BCUT2D eigenvalue weighted by atomic mass is 15.5. The van der Waals surface area contributed by atoms with Crippen LogP contribution in [0.4, 0.5) is 5.95 Å². The number of benzene rings is 1. The highest BCUT2D eigenvalue weighted by molar-refractivity contribution is 5.75. The zero-order valence-electron chi connectivity index (χ0n) is 9.70. The molecule has 1 aromatic carbocycles. The Balaban J connectivity index is 2.22. The number of nitrogens with one attached hydrogen (secondary N) is 1. The average Bonchev–Trinajstić information content (AvgIpc) is 2.81. The minimum Gasteiger partial charge on any atom is -0.292 e. The van der Waals surface area contributed by atoms with Crippen LogP contribution in [0.25, 0.3) is 16.9 Å². The Morgan fingerprint density at radius 3 is 2.89 bits per heavy atom. The van der Waals surface area contributed by atoms with Crippen LogP contribution in [0.2, 0.25) is 0 Å². The Labute approximate surface area is 103 Å². The normalized spacial score (nSPS) is 10.8. The van der Waals surface area contributed by atoms with Crippen LogP contribution < -0.4 is 11.3 Å². The molecule has 0 spiro atoms. The van der Waals surface area contributed by atoms with E-state index in [1.165, 1.54) is 0 Å². The predicted octanol–water partition coefficient (Wildman–Crippen LogP) is 0.805. The molecule has 3 rings (SSSR count). The van der Waals surface area contributed by atoms with E-state index in [1.807, 2.05) is 37.3 Å². The van der Waals surface area contributed by atoms with Crippen molar-refractivity contribution in [3.8, 4) is 5.82 Å². The third-order valence-electron chi connectivity index (χ3n) is 2.54. The van der Waals surface area contributed by atoms with E-state index in [0.29, 0.717) is 11.8 Å². The first-order valence-corrected chi connectivity index (χ1v) is 5.41. The maximum atomic E-state index is 5.33. The number of aryl methyl sites for hydroxylation is 1. The topological polar surface area (TPSA) is 94.5 Å². The van der Waals surface area contributed by atoms with Crippen LogP contribution in [0.1, 0.15) is 5.69 Å². The second kappa shape index (κ2) is 4.04. The lowest BCUT2D eigenvalue weighted by atomic mass is 10.3. The van der Waals surface area contributed by atoms with Crippen molar-refractivity contribution in [2.45, 2.75) is 6.92 Å². The number of aromatic nitrogens is 5. The molecule has 18 heavy (non-hydrogen) atoms. The maximum absolute atomic E-state index is 5.33. The standard InChI is InChI=1S/C11H11N7/c1-7-6-10(14-11(13-7)15-12)18-9-5-3-2-4-8(9)16-17-18/h2-6H,12H2,1H3,(H,13,14,15). The SMILES string of the molecule is Cc1cc(-n2nnc3ccccc32)nc(NN)n1. The van der Waals surface area contributed by atoms with Crippen LogP contribution in [-0.4, -0.2) is 25.0 Å². The summed E-state index contributed by atoms with van der Waals surface area (Å²) in [6, 6.07) is 9.50. The van der Waals surface area contributed by atoms with Gasteiger partial charge in [-0.15, -0.1) is 5.10 Å². The Morgan fingerprint density at radius 2 is 2.06 bits per heavy atom. The first-order valence-electron chi connectivity index (χ1n) is 5.41. The molecule has 0 unspecified atom stereocenters. The third-order valence-corrected chi connectivity index (χ3v) is 2.54. The Hall–Kier alpha value is -2.54. The van der Waals surface area contributed by atoms with Crippen LogP contribution >= 0.6 is 0 Å². The van der Waals surface area contributed by atoms with Crippen LogP contribution in [-0.2, 0) is 0 Å². The molecule has 2 heterocycles. The van der Waals surface area contributed by atoms with Crippen molar-refractivity contribution in [2.75, 3.05) is 5.43 Å². The molecule has 2 aromatic heterocycles. The van der Waals surface area contributed by atoms with Gasteiger partial charge >= 0.3 is 0 Å². The van der Waals surface area contributed by atoms with Crippen LogP contribution in [0.3, 0.4) is 0 Å². The number of hydrogen-bond acceptors (Lipinski definition) is 6. The fourth-order valence-electron chi connectivity index (χ4n) is 1.76. The Bertz CT molecular complexity index is 703. The van der Waals surface area contributed by atoms with E-state index < -0.39 is 0 Å². The van der Waals surface area contributed by atoms with E-state index in [4.69, 9.17) is 5.84 Å². The van der Waals surface area contributed by atoms with Crippen LogP contribution in [0.15, 0.2) is 30.3 Å². The first-order chi connectivity index (χ1) is 8.78. The summed E-state index contributed by atoms with van der Waals surface area (Å²) >= 11 is 0. The summed E-state index contributed by atoms with van der Waals surface area (Å²) in [5.74, 6) is 6.31. The number of nitrogens with zero attached hydrogens (tertiary/aromatic N) is 5. The summed E-state index contributed by atoms with van der Waals surface area (Å²) in [6.07, 6.45) is 0. The van der Waals surface area contributed by atoms with Gasteiger partial charge in [-0.25, -0.2) is 10.8 Å². The molecule has 0 aliphatic rings. The summed E-state index contributed by atoms with van der Waals surface area (Å²) in [7, 11) is 0. The fourth-order valence-corrected chi connectivity index (χ4v) is 1.76. The van der Waals surface area contributed by atoms with Crippen molar-refractivity contribution < 1.29 is 0 Å². The van der Waals surface area contributed by atoms with Gasteiger partial charge in [0.15, 0.2) is 5.82 Å². The van der Waals surface area contributed by atoms with Crippen molar-refractivity contribution in [3.63, 3.8) is 0 Å². The first kappa shape index (κ1) is 10.6. The molecule has 0 fully saturated rings. The molecule has 90 valence electrons. The molecule has 3 N–H and O–H groups in total. The van der Waals surface area contributed by atoms with E-state index in [9.17, 15) is 0 Å². The van der Waals surface area contributed by atoms with E-state index in [2.05, 4.69) is 25.7 Å². The molecule has 0 atom stereocenters. The van der Waals surface area contributed by atoms with Gasteiger partial charge in [-0.3, -0.25) is 5.43 Å². The largest absolute Gasteiger partial charge is 0.292 e. The molecule has 0 saturated heterocycles. The van der Waals surface area contributed by atoms with Crippen molar-refractivity contribution >= 4 is 17.0 Å². The van der Waals surface area contributed by atoms with Gasteiger partial charge in [0.2, 0.25) is 5.95 Å². The zero-order valence-corrected chi connectivity index (χ0v) is 9.70. The van der Waals surface area contributed by atoms with E-state index >= 15 is 0 Å². The summed E-state index contributed by atoms with van der Waals surface area (Å²) in [5, 5.41) is 8.17. The highest BCUT2D eigenvalue weighted by Crippen LogP contribution is 2.15. The van der Waals surface area contributed by atoms with Crippen molar-refractivity contribution in [3.05, 3.63) is 36.0 Å². The molecular weight excluding hydrogens is 230 g/mol. The summed E-state index contributed by atoms with van der Waals surface area (Å²) in [6.45, 7) is 1.87. The van der Waals surface area contributed by atoms with Crippen molar-refractivity contribution in [1.29, 1.82) is 0 Å². The maximum Gasteiger partial charge on any atom is 0.239 e. The summed E-state index contributed by atoms with van der Waals surface area (Å²) in [5.41, 5.74) is 4.94. The minimum atomic E-state index is 0.351. The third kappa shape index (κ3) is 1.66. The molecule has 7 nitrogen and oxygen atoms in total. The lowest BCUT2D eigenvalue weighted by Crippen LogP contribution is -2.13. The quantitative estimate of drug-likeness (QED) is 0.509. The number of hydrazine groups is 1. The lowest BCUT2D eigenvalue weighted by Gasteiger charge is -2.05. The van der Waals surface area contributed by atoms with Gasteiger partial charge in [-0.1, -0.05) is 17.3 Å². The van der Waals surface area contributed by atoms with Gasteiger partial charge in [-0.2, -0.15) is 9.67 Å². The van der Waals surface area contributed by atoms with Gasteiger partial charge in [0.1, 0.15) is 5.52 Å². The minimum absolute atomic E-state index is 0.351. The number of fused-ring (bicyclic) bond motifs is 1. The number of para-hydroxylation sites is 1. The van der Waals surface area contributed by atoms with Gasteiger partial charge in [0.05, 0.1) is 5.52 Å². The number of hydrogen-bond donors (Lipinski definition) is 2. The molecule has 7 heteroatoms. The molecule has 0 aliphatic carbocycles. The second-order valence-corrected chi connectivity index (χ2v) is 3.83. The van der Waals surface area contributed by atoms with E-state index in [0.717, 1.165) is 16.7 Å². The van der Waals surface area contributed by atoms with Gasteiger partial charge in [0.25, 0.3) is 0 Å². The zero-order chi connectivity index (χ0) is 12.5. The number of nitrogen functional groups attached to an aromatic ring is 1. The molecule has 0 bridgehead atoms. The smallest absolute Gasteiger partial charge is 0.239 e.